The van der Waals surface area contributed by atoms with Gasteiger partial charge in [-0.25, -0.2) is 4.39 Å². The van der Waals surface area contributed by atoms with E-state index in [1.54, 1.807) is 6.07 Å². The highest BCUT2D eigenvalue weighted by Crippen LogP contribution is 2.64. The van der Waals surface area contributed by atoms with Crippen LogP contribution in [0, 0.1) is 17.7 Å². The Morgan fingerprint density at radius 1 is 1.25 bits per heavy atom. The summed E-state index contributed by atoms with van der Waals surface area (Å²) in [7, 11) is 0. The van der Waals surface area contributed by atoms with Crippen LogP contribution in [0.1, 0.15) is 29.9 Å². The predicted octanol–water partition coefficient (Wildman–Crippen LogP) is 3.93. The van der Waals surface area contributed by atoms with Crippen molar-refractivity contribution < 1.29 is 13.2 Å². The first-order chi connectivity index (χ1) is 7.47. The van der Waals surface area contributed by atoms with Crippen molar-refractivity contribution in [3.8, 4) is 0 Å². The van der Waals surface area contributed by atoms with Crippen molar-refractivity contribution >= 4 is 12.6 Å². The molecule has 2 saturated carbocycles. The molecule has 0 aliphatic heterocycles. The van der Waals surface area contributed by atoms with Gasteiger partial charge in [-0.1, -0.05) is 6.07 Å². The van der Waals surface area contributed by atoms with E-state index in [0.29, 0.717) is 11.8 Å². The normalized spacial score (nSPS) is 31.9. The van der Waals surface area contributed by atoms with Crippen molar-refractivity contribution in [1.29, 1.82) is 0 Å². The van der Waals surface area contributed by atoms with Gasteiger partial charge in [-0.05, 0) is 48.3 Å². The molecule has 2 fully saturated rings. The van der Waals surface area contributed by atoms with Crippen LogP contribution in [0.15, 0.2) is 18.2 Å². The summed E-state index contributed by atoms with van der Waals surface area (Å²) >= 11 is 3.14. The number of hydrogen-bond acceptors (Lipinski definition) is 1. The lowest BCUT2D eigenvalue weighted by molar-refractivity contribution is 0.103. The van der Waals surface area contributed by atoms with Crippen molar-refractivity contribution in [3.05, 3.63) is 35.1 Å². The molecule has 0 amide bonds. The molecular formula is C12H11F3S. The van der Waals surface area contributed by atoms with Crippen LogP contribution in [0.25, 0.3) is 0 Å². The van der Waals surface area contributed by atoms with Gasteiger partial charge in [0, 0.05) is 0 Å². The van der Waals surface area contributed by atoms with Gasteiger partial charge in [0.05, 0.1) is 5.56 Å². The molecule has 3 rings (SSSR count). The fraction of sp³-hybridized carbons (Fsp3) is 0.500. The zero-order valence-corrected chi connectivity index (χ0v) is 9.35. The van der Waals surface area contributed by atoms with Gasteiger partial charge >= 0.3 is 5.25 Å². The summed E-state index contributed by atoms with van der Waals surface area (Å²) in [6.07, 6.45) is 2.27. The Morgan fingerprint density at radius 2 is 2.00 bits per heavy atom. The monoisotopic (exact) mass is 244 g/mol. The maximum Gasteiger partial charge on any atom is 0.319 e. The first kappa shape index (κ1) is 10.5. The van der Waals surface area contributed by atoms with Gasteiger partial charge in [0.2, 0.25) is 0 Å². The Balaban J connectivity index is 1.95. The number of thiol groups is 1. The molecule has 3 atom stereocenters. The van der Waals surface area contributed by atoms with Crippen molar-refractivity contribution in [2.75, 3.05) is 0 Å². The van der Waals surface area contributed by atoms with E-state index >= 15 is 0 Å². The summed E-state index contributed by atoms with van der Waals surface area (Å²) in [5.74, 6) is 0.942. The van der Waals surface area contributed by atoms with Crippen LogP contribution in [0.3, 0.4) is 0 Å². The fourth-order valence-electron chi connectivity index (χ4n) is 2.73. The highest BCUT2D eigenvalue weighted by molar-refractivity contribution is 7.81. The Hall–Kier alpha value is -0.640. The zero-order valence-electron chi connectivity index (χ0n) is 8.46. The molecule has 4 heteroatoms. The van der Waals surface area contributed by atoms with Gasteiger partial charge in [0.25, 0.3) is 0 Å². The van der Waals surface area contributed by atoms with Crippen LogP contribution in [0.5, 0.6) is 0 Å². The second-order valence-electron chi connectivity index (χ2n) is 4.78. The van der Waals surface area contributed by atoms with E-state index in [9.17, 15) is 13.2 Å². The molecule has 16 heavy (non-hydrogen) atoms. The molecular weight excluding hydrogens is 233 g/mol. The molecule has 1 aromatic carbocycles. The van der Waals surface area contributed by atoms with Gasteiger partial charge in [-0.15, -0.1) is 12.6 Å². The summed E-state index contributed by atoms with van der Waals surface area (Å²) in [4.78, 5) is 0. The van der Waals surface area contributed by atoms with Crippen LogP contribution in [-0.4, -0.2) is 0 Å². The van der Waals surface area contributed by atoms with E-state index < -0.39 is 16.6 Å². The van der Waals surface area contributed by atoms with Crippen molar-refractivity contribution in [2.45, 2.75) is 24.0 Å². The molecule has 2 aliphatic carbocycles. The lowest BCUT2D eigenvalue weighted by Gasteiger charge is -2.26. The predicted molar refractivity (Wildman–Crippen MR) is 58.2 cm³/mol. The number of fused-ring (bicyclic) bond motifs is 1. The molecule has 0 bridgehead atoms. The lowest BCUT2D eigenvalue weighted by Crippen LogP contribution is -2.15. The fourth-order valence-corrected chi connectivity index (χ4v) is 2.90. The molecule has 0 N–H and O–H groups in total. The summed E-state index contributed by atoms with van der Waals surface area (Å²) < 4.78 is 39.3. The number of alkyl halides is 2. The van der Waals surface area contributed by atoms with E-state index in [2.05, 4.69) is 12.6 Å². The smallest absolute Gasteiger partial charge is 0.206 e. The number of halogens is 3. The maximum atomic E-state index is 13.2. The van der Waals surface area contributed by atoms with Gasteiger partial charge in [0.15, 0.2) is 0 Å². The Bertz CT molecular complexity index is 438. The minimum atomic E-state index is -3.40. The van der Waals surface area contributed by atoms with E-state index in [0.717, 1.165) is 24.0 Å². The van der Waals surface area contributed by atoms with Gasteiger partial charge in [-0.3, -0.25) is 0 Å². The minimum Gasteiger partial charge on any atom is -0.206 e. The average molecular weight is 244 g/mol. The average Bonchev–Trinajstić information content (AvgIpc) is 2.78. The zero-order chi connectivity index (χ0) is 11.5. The maximum absolute atomic E-state index is 13.2. The first-order valence-corrected chi connectivity index (χ1v) is 5.81. The molecule has 0 aromatic heterocycles. The number of hydrogen-bond donors (Lipinski definition) is 1. The second kappa shape index (κ2) is 3.19. The van der Waals surface area contributed by atoms with Crippen molar-refractivity contribution in [1.82, 2.24) is 0 Å². The van der Waals surface area contributed by atoms with Crippen LogP contribution >= 0.6 is 12.6 Å². The molecule has 0 spiro atoms. The molecule has 1 aromatic rings. The van der Waals surface area contributed by atoms with Crippen LogP contribution in [-0.2, 0) is 5.25 Å². The summed E-state index contributed by atoms with van der Waals surface area (Å²) in [6, 6.07) is 4.03. The van der Waals surface area contributed by atoms with E-state index in [1.165, 1.54) is 12.5 Å². The molecule has 0 saturated heterocycles. The van der Waals surface area contributed by atoms with E-state index in [1.807, 2.05) is 0 Å². The van der Waals surface area contributed by atoms with Crippen molar-refractivity contribution in [2.24, 2.45) is 11.8 Å². The highest BCUT2D eigenvalue weighted by Gasteiger charge is 2.53. The Kier molecular flexibility index (Phi) is 2.09. The standard InChI is InChI=1S/C12H11F3S/c13-11-2-1-6(5-10(11)12(14,15)16)8-3-7-4-9(7)8/h1-2,5,7-9,16H,3-4H2. The highest BCUT2D eigenvalue weighted by atomic mass is 32.1. The largest absolute Gasteiger partial charge is 0.319 e. The quantitative estimate of drug-likeness (QED) is 0.749. The minimum absolute atomic E-state index is 0.361. The first-order valence-electron chi connectivity index (χ1n) is 5.37. The number of rotatable bonds is 2. The Labute approximate surface area is 97.3 Å². The topological polar surface area (TPSA) is 0 Å². The van der Waals surface area contributed by atoms with Crippen LogP contribution < -0.4 is 0 Å². The van der Waals surface area contributed by atoms with Crippen LogP contribution in [0.2, 0.25) is 0 Å². The van der Waals surface area contributed by atoms with Gasteiger partial charge < -0.3 is 0 Å². The third-order valence-corrected chi connectivity index (χ3v) is 4.03. The third kappa shape index (κ3) is 1.54. The summed E-state index contributed by atoms with van der Waals surface area (Å²) in [5, 5.41) is -3.40. The van der Waals surface area contributed by atoms with E-state index in [4.69, 9.17) is 0 Å². The molecule has 0 nitrogen and oxygen atoms in total. The van der Waals surface area contributed by atoms with E-state index in [-0.39, 0.29) is 0 Å². The summed E-state index contributed by atoms with van der Waals surface area (Å²) in [5.41, 5.74) is 0.237. The van der Waals surface area contributed by atoms with Gasteiger partial charge in [0.1, 0.15) is 5.82 Å². The lowest BCUT2D eigenvalue weighted by atomic mass is 9.79. The molecule has 2 aliphatic rings. The van der Waals surface area contributed by atoms with Crippen molar-refractivity contribution in [3.63, 3.8) is 0 Å². The van der Waals surface area contributed by atoms with Gasteiger partial charge in [-0.2, -0.15) is 8.78 Å². The second-order valence-corrected chi connectivity index (χ2v) is 5.34. The summed E-state index contributed by atoms with van der Waals surface area (Å²) in [6.45, 7) is 0. The van der Waals surface area contributed by atoms with Crippen LogP contribution in [0.4, 0.5) is 13.2 Å². The number of benzene rings is 1. The molecule has 0 heterocycles. The third-order valence-electron chi connectivity index (χ3n) is 3.79. The SMILES string of the molecule is Fc1ccc(C2CC3CC32)cc1C(F)(F)S. The Morgan fingerprint density at radius 3 is 2.50 bits per heavy atom. The molecule has 3 unspecified atom stereocenters. The molecule has 86 valence electrons. The molecule has 0 radical (unpaired) electrons.